The minimum Gasteiger partial charge on any atom is -0.489 e. The van der Waals surface area contributed by atoms with Gasteiger partial charge in [0.25, 0.3) is 0 Å². The fraction of sp³-hybridized carbons (Fsp3) is 0.250. The summed E-state index contributed by atoms with van der Waals surface area (Å²) in [6.07, 6.45) is 1.90. The molecular formula is C16H15ClFNO. The van der Waals surface area contributed by atoms with Crippen LogP contribution in [-0.4, -0.2) is 0 Å². The van der Waals surface area contributed by atoms with Gasteiger partial charge in [0.05, 0.1) is 5.02 Å². The first kappa shape index (κ1) is 13.4. The molecule has 1 unspecified atom stereocenters. The Morgan fingerprint density at radius 3 is 2.95 bits per heavy atom. The second-order valence-corrected chi connectivity index (χ2v) is 5.41. The van der Waals surface area contributed by atoms with E-state index in [0.29, 0.717) is 6.61 Å². The highest BCUT2D eigenvalue weighted by Crippen LogP contribution is 2.35. The average molecular weight is 292 g/mol. The van der Waals surface area contributed by atoms with Gasteiger partial charge in [0.1, 0.15) is 18.2 Å². The van der Waals surface area contributed by atoms with Gasteiger partial charge in [-0.3, -0.25) is 0 Å². The number of rotatable bonds is 3. The van der Waals surface area contributed by atoms with Crippen molar-refractivity contribution in [3.8, 4) is 5.75 Å². The number of ether oxygens (including phenoxy) is 1. The van der Waals surface area contributed by atoms with Crippen LogP contribution in [0.2, 0.25) is 5.02 Å². The number of halogens is 2. The van der Waals surface area contributed by atoms with Crippen molar-refractivity contribution in [1.29, 1.82) is 0 Å². The molecule has 0 heterocycles. The van der Waals surface area contributed by atoms with E-state index in [4.69, 9.17) is 22.1 Å². The monoisotopic (exact) mass is 291 g/mol. The number of benzene rings is 2. The van der Waals surface area contributed by atoms with E-state index in [-0.39, 0.29) is 11.1 Å². The van der Waals surface area contributed by atoms with Crippen LogP contribution in [0.1, 0.15) is 29.2 Å². The molecule has 0 bridgehead atoms. The Bertz CT molecular complexity index is 644. The maximum Gasteiger partial charge on any atom is 0.141 e. The molecule has 0 fully saturated rings. The van der Waals surface area contributed by atoms with Crippen molar-refractivity contribution in [2.75, 3.05) is 0 Å². The molecule has 1 aliphatic carbocycles. The van der Waals surface area contributed by atoms with Crippen molar-refractivity contribution < 1.29 is 9.13 Å². The second kappa shape index (κ2) is 5.43. The van der Waals surface area contributed by atoms with Gasteiger partial charge in [0, 0.05) is 6.04 Å². The zero-order valence-electron chi connectivity index (χ0n) is 10.9. The molecule has 2 N–H and O–H groups in total. The Labute approximate surface area is 122 Å². The predicted octanol–water partition coefficient (Wildman–Crippen LogP) is 4.00. The molecule has 1 aliphatic rings. The summed E-state index contributed by atoms with van der Waals surface area (Å²) in [5, 5.41) is 0.117. The molecular weight excluding hydrogens is 277 g/mol. The van der Waals surface area contributed by atoms with Crippen LogP contribution in [0.3, 0.4) is 0 Å². The lowest BCUT2D eigenvalue weighted by Crippen LogP contribution is -2.05. The third-order valence-electron chi connectivity index (χ3n) is 3.65. The maximum absolute atomic E-state index is 13.1. The normalized spacial score (nSPS) is 17.1. The fourth-order valence-corrected chi connectivity index (χ4v) is 2.78. The van der Waals surface area contributed by atoms with E-state index < -0.39 is 5.82 Å². The van der Waals surface area contributed by atoms with Gasteiger partial charge >= 0.3 is 0 Å². The first-order valence-electron chi connectivity index (χ1n) is 6.59. The molecule has 0 radical (unpaired) electrons. The summed E-state index contributed by atoms with van der Waals surface area (Å²) in [5.41, 5.74) is 9.24. The number of nitrogens with two attached hydrogens (primary N) is 1. The minimum atomic E-state index is -0.415. The van der Waals surface area contributed by atoms with Crippen molar-refractivity contribution in [1.82, 2.24) is 0 Å². The van der Waals surface area contributed by atoms with Gasteiger partial charge in [-0.1, -0.05) is 29.8 Å². The lowest BCUT2D eigenvalue weighted by molar-refractivity contribution is 0.303. The molecule has 0 amide bonds. The molecule has 2 aromatic carbocycles. The lowest BCUT2D eigenvalue weighted by atomic mass is 10.1. The van der Waals surface area contributed by atoms with E-state index in [9.17, 15) is 4.39 Å². The third kappa shape index (κ3) is 2.51. The standard InChI is InChI=1S/C16H15ClFNO/c17-13-8-10(4-6-14(13)18)9-20-16-3-1-2-11-12(16)5-7-15(11)19/h1-4,6,8,15H,5,7,9,19H2. The van der Waals surface area contributed by atoms with Gasteiger partial charge in [-0.15, -0.1) is 0 Å². The summed E-state index contributed by atoms with van der Waals surface area (Å²) in [4.78, 5) is 0. The smallest absolute Gasteiger partial charge is 0.141 e. The SMILES string of the molecule is NC1CCc2c(OCc3ccc(F)c(Cl)c3)cccc21. The largest absolute Gasteiger partial charge is 0.489 e. The summed E-state index contributed by atoms with van der Waals surface area (Å²) in [5.74, 6) is 0.442. The van der Waals surface area contributed by atoms with E-state index in [1.165, 1.54) is 17.2 Å². The highest BCUT2D eigenvalue weighted by atomic mass is 35.5. The zero-order chi connectivity index (χ0) is 14.1. The average Bonchev–Trinajstić information content (AvgIpc) is 2.83. The van der Waals surface area contributed by atoms with Crippen LogP contribution in [0.15, 0.2) is 36.4 Å². The van der Waals surface area contributed by atoms with Crippen LogP contribution in [0.4, 0.5) is 4.39 Å². The van der Waals surface area contributed by atoms with Crippen molar-refractivity contribution in [3.63, 3.8) is 0 Å². The van der Waals surface area contributed by atoms with Crippen molar-refractivity contribution in [2.24, 2.45) is 5.73 Å². The summed E-state index contributed by atoms with van der Waals surface area (Å²) in [7, 11) is 0. The van der Waals surface area contributed by atoms with E-state index in [2.05, 4.69) is 6.07 Å². The summed E-state index contributed by atoms with van der Waals surface area (Å²) >= 11 is 5.76. The van der Waals surface area contributed by atoms with E-state index in [1.54, 1.807) is 12.1 Å². The minimum absolute atomic E-state index is 0.105. The van der Waals surface area contributed by atoms with Crippen molar-refractivity contribution in [3.05, 3.63) is 63.9 Å². The van der Waals surface area contributed by atoms with Crippen LogP contribution in [0.25, 0.3) is 0 Å². The van der Waals surface area contributed by atoms with Gasteiger partial charge in [0.15, 0.2) is 0 Å². The predicted molar refractivity (Wildman–Crippen MR) is 77.4 cm³/mol. The highest BCUT2D eigenvalue weighted by Gasteiger charge is 2.22. The Kier molecular flexibility index (Phi) is 3.64. The molecule has 0 aromatic heterocycles. The van der Waals surface area contributed by atoms with Crippen LogP contribution < -0.4 is 10.5 Å². The molecule has 0 aliphatic heterocycles. The summed E-state index contributed by atoms with van der Waals surface area (Å²) in [6, 6.07) is 10.7. The van der Waals surface area contributed by atoms with E-state index >= 15 is 0 Å². The lowest BCUT2D eigenvalue weighted by Gasteiger charge is -2.12. The van der Waals surface area contributed by atoms with E-state index in [1.807, 2.05) is 12.1 Å². The highest BCUT2D eigenvalue weighted by molar-refractivity contribution is 6.30. The van der Waals surface area contributed by atoms with Crippen molar-refractivity contribution in [2.45, 2.75) is 25.5 Å². The molecule has 0 saturated carbocycles. The molecule has 0 saturated heterocycles. The first-order chi connectivity index (χ1) is 9.65. The Morgan fingerprint density at radius 2 is 2.15 bits per heavy atom. The molecule has 3 rings (SSSR count). The zero-order valence-corrected chi connectivity index (χ0v) is 11.7. The summed E-state index contributed by atoms with van der Waals surface area (Å²) < 4.78 is 18.9. The fourth-order valence-electron chi connectivity index (χ4n) is 2.58. The Morgan fingerprint density at radius 1 is 1.30 bits per heavy atom. The van der Waals surface area contributed by atoms with Gasteiger partial charge in [-0.2, -0.15) is 0 Å². The van der Waals surface area contributed by atoms with Gasteiger partial charge in [0.2, 0.25) is 0 Å². The van der Waals surface area contributed by atoms with Gasteiger partial charge < -0.3 is 10.5 Å². The van der Waals surface area contributed by atoms with Crippen LogP contribution in [-0.2, 0) is 13.0 Å². The summed E-state index contributed by atoms with van der Waals surface area (Å²) in [6.45, 7) is 0.367. The molecule has 0 spiro atoms. The van der Waals surface area contributed by atoms with Gasteiger partial charge in [-0.25, -0.2) is 4.39 Å². The number of fused-ring (bicyclic) bond motifs is 1. The third-order valence-corrected chi connectivity index (χ3v) is 3.94. The molecule has 104 valence electrons. The Hall–Kier alpha value is -1.58. The van der Waals surface area contributed by atoms with Crippen LogP contribution in [0.5, 0.6) is 5.75 Å². The molecule has 20 heavy (non-hydrogen) atoms. The maximum atomic E-state index is 13.1. The van der Waals surface area contributed by atoms with Gasteiger partial charge in [-0.05, 0) is 47.7 Å². The molecule has 4 heteroatoms. The van der Waals surface area contributed by atoms with Crippen molar-refractivity contribution >= 4 is 11.6 Å². The Balaban J connectivity index is 1.77. The number of hydrogen-bond acceptors (Lipinski definition) is 2. The first-order valence-corrected chi connectivity index (χ1v) is 6.97. The van der Waals surface area contributed by atoms with Crippen LogP contribution >= 0.6 is 11.6 Å². The van der Waals surface area contributed by atoms with Crippen LogP contribution in [0, 0.1) is 5.82 Å². The quantitative estimate of drug-likeness (QED) is 0.927. The molecule has 2 aromatic rings. The molecule has 2 nitrogen and oxygen atoms in total. The number of hydrogen-bond donors (Lipinski definition) is 1. The second-order valence-electron chi connectivity index (χ2n) is 5.01. The topological polar surface area (TPSA) is 35.2 Å². The van der Waals surface area contributed by atoms with E-state index in [0.717, 1.165) is 24.2 Å². The molecule has 1 atom stereocenters.